The zero-order valence-electron chi connectivity index (χ0n) is 13.6. The molecule has 0 spiro atoms. The van der Waals surface area contributed by atoms with E-state index >= 15 is 0 Å². The molecule has 0 aliphatic rings. The van der Waals surface area contributed by atoms with Gasteiger partial charge in [0.05, 0.1) is 12.0 Å². The van der Waals surface area contributed by atoms with Crippen molar-refractivity contribution in [1.29, 1.82) is 0 Å². The average molecular weight is 382 g/mol. The van der Waals surface area contributed by atoms with E-state index in [9.17, 15) is 22.4 Å². The summed E-state index contributed by atoms with van der Waals surface area (Å²) in [5, 5.41) is 7.37. The number of ether oxygens (including phenoxy) is 2. The van der Waals surface area contributed by atoms with Gasteiger partial charge in [-0.25, -0.2) is 22.7 Å². The fraction of sp³-hybridized carbons (Fsp3) is 0.125. The summed E-state index contributed by atoms with van der Waals surface area (Å²) in [7, 11) is -2.76. The van der Waals surface area contributed by atoms with Crippen molar-refractivity contribution >= 4 is 27.6 Å². The molecule has 0 fully saturated rings. The fourth-order valence-electron chi connectivity index (χ4n) is 2.00. The molecule has 3 N–H and O–H groups in total. The van der Waals surface area contributed by atoms with Gasteiger partial charge in [-0.2, -0.15) is 0 Å². The number of hydrogen-bond donors (Lipinski definition) is 2. The van der Waals surface area contributed by atoms with Crippen LogP contribution in [0.15, 0.2) is 47.4 Å². The van der Waals surface area contributed by atoms with Gasteiger partial charge in [-0.1, -0.05) is 6.07 Å². The van der Waals surface area contributed by atoms with E-state index in [4.69, 9.17) is 14.6 Å². The number of halogens is 1. The molecule has 0 aliphatic heterocycles. The Kier molecular flexibility index (Phi) is 5.90. The van der Waals surface area contributed by atoms with Crippen molar-refractivity contribution in [1.82, 2.24) is 0 Å². The van der Waals surface area contributed by atoms with Gasteiger partial charge < -0.3 is 14.8 Å². The normalized spacial score (nSPS) is 10.9. The quantitative estimate of drug-likeness (QED) is 0.725. The molecular weight excluding hydrogens is 367 g/mol. The molecule has 0 aromatic heterocycles. The number of nitrogens with two attached hydrogens (primary N) is 1. The highest BCUT2D eigenvalue weighted by atomic mass is 32.2. The summed E-state index contributed by atoms with van der Waals surface area (Å²) >= 11 is 0. The first-order chi connectivity index (χ1) is 12.2. The lowest BCUT2D eigenvalue weighted by Gasteiger charge is -2.10. The van der Waals surface area contributed by atoms with Gasteiger partial charge in [-0.3, -0.25) is 4.79 Å². The molecule has 0 atom stereocenters. The number of primary sulfonamides is 1. The van der Waals surface area contributed by atoms with E-state index in [2.05, 4.69) is 5.32 Å². The summed E-state index contributed by atoms with van der Waals surface area (Å²) in [6.07, 6.45) is 0. The Morgan fingerprint density at radius 1 is 1.19 bits per heavy atom. The SMILES string of the molecule is COc1ccc(S(N)(=O)=O)cc1C(=O)OCC(=O)Nc1cccc(F)c1. The third-order valence-corrected chi connectivity index (χ3v) is 4.07. The summed E-state index contributed by atoms with van der Waals surface area (Å²) in [5.74, 6) is -2.18. The van der Waals surface area contributed by atoms with Crippen LogP contribution in [0, 0.1) is 5.82 Å². The summed E-state index contributed by atoms with van der Waals surface area (Å²) in [5.41, 5.74) is -0.0163. The van der Waals surface area contributed by atoms with Crippen LogP contribution in [0.3, 0.4) is 0 Å². The second-order valence-electron chi connectivity index (χ2n) is 5.04. The third kappa shape index (κ3) is 5.01. The van der Waals surface area contributed by atoms with Crippen molar-refractivity contribution in [2.24, 2.45) is 5.14 Å². The van der Waals surface area contributed by atoms with Crippen LogP contribution >= 0.6 is 0 Å². The van der Waals surface area contributed by atoms with Crippen LogP contribution in [0.4, 0.5) is 10.1 Å². The number of methoxy groups -OCH3 is 1. The Hall–Kier alpha value is -2.98. The van der Waals surface area contributed by atoms with Crippen molar-refractivity contribution < 1.29 is 31.9 Å². The number of anilines is 1. The lowest BCUT2D eigenvalue weighted by Crippen LogP contribution is -2.21. The molecule has 8 nitrogen and oxygen atoms in total. The Labute approximate surface area is 148 Å². The van der Waals surface area contributed by atoms with Crippen LogP contribution in [0.2, 0.25) is 0 Å². The zero-order valence-corrected chi connectivity index (χ0v) is 14.4. The lowest BCUT2D eigenvalue weighted by molar-refractivity contribution is -0.119. The molecule has 0 radical (unpaired) electrons. The maximum atomic E-state index is 13.1. The van der Waals surface area contributed by atoms with E-state index in [-0.39, 0.29) is 21.9 Å². The van der Waals surface area contributed by atoms with Crippen LogP contribution in [0.25, 0.3) is 0 Å². The summed E-state index contributed by atoms with van der Waals surface area (Å²) in [6.45, 7) is -0.669. The van der Waals surface area contributed by atoms with Gasteiger partial charge in [0, 0.05) is 5.69 Å². The maximum Gasteiger partial charge on any atom is 0.342 e. The van der Waals surface area contributed by atoms with E-state index in [1.807, 2.05) is 0 Å². The smallest absolute Gasteiger partial charge is 0.342 e. The number of rotatable bonds is 6. The van der Waals surface area contributed by atoms with E-state index < -0.39 is 34.3 Å². The average Bonchev–Trinajstić information content (AvgIpc) is 2.58. The van der Waals surface area contributed by atoms with Crippen LogP contribution in [-0.4, -0.2) is 34.0 Å². The molecule has 0 heterocycles. The Balaban J connectivity index is 2.08. The highest BCUT2D eigenvalue weighted by Crippen LogP contribution is 2.22. The van der Waals surface area contributed by atoms with Crippen molar-refractivity contribution in [3.05, 3.63) is 53.8 Å². The van der Waals surface area contributed by atoms with Crippen LogP contribution in [0.5, 0.6) is 5.75 Å². The van der Waals surface area contributed by atoms with Crippen molar-refractivity contribution in [2.75, 3.05) is 19.0 Å². The predicted molar refractivity (Wildman–Crippen MR) is 89.7 cm³/mol. The predicted octanol–water partition coefficient (Wildman–Crippen LogP) is 1.28. The second-order valence-corrected chi connectivity index (χ2v) is 6.60. The third-order valence-electron chi connectivity index (χ3n) is 3.16. The highest BCUT2D eigenvalue weighted by molar-refractivity contribution is 7.89. The number of amides is 1. The number of nitrogens with one attached hydrogen (secondary N) is 1. The number of esters is 1. The van der Waals surface area contributed by atoms with Gasteiger partial charge in [0.25, 0.3) is 5.91 Å². The molecule has 0 saturated heterocycles. The summed E-state index contributed by atoms with van der Waals surface area (Å²) < 4.78 is 45.7. The molecule has 2 aromatic carbocycles. The second kappa shape index (κ2) is 7.93. The molecule has 2 aromatic rings. The molecular formula is C16H15FN2O6S. The number of sulfonamides is 1. The topological polar surface area (TPSA) is 125 Å². The van der Waals surface area contributed by atoms with Gasteiger partial charge in [0.2, 0.25) is 10.0 Å². The summed E-state index contributed by atoms with van der Waals surface area (Å²) in [4.78, 5) is 23.6. The molecule has 26 heavy (non-hydrogen) atoms. The molecule has 0 saturated carbocycles. The monoisotopic (exact) mass is 382 g/mol. The minimum atomic E-state index is -4.04. The van der Waals surface area contributed by atoms with Gasteiger partial charge in [0.1, 0.15) is 17.1 Å². The standard InChI is InChI=1S/C16H15FN2O6S/c1-24-14-6-5-12(26(18,22)23)8-13(14)16(21)25-9-15(20)19-11-4-2-3-10(17)7-11/h2-8H,9H2,1H3,(H,19,20)(H2,18,22,23). The Bertz CT molecular complexity index is 946. The molecule has 0 aliphatic carbocycles. The van der Waals surface area contributed by atoms with E-state index in [0.717, 1.165) is 12.1 Å². The van der Waals surface area contributed by atoms with E-state index in [0.29, 0.717) is 0 Å². The number of carbonyl (C=O) groups is 2. The first kappa shape index (κ1) is 19.3. The molecule has 0 unspecified atom stereocenters. The van der Waals surface area contributed by atoms with Gasteiger partial charge in [-0.15, -0.1) is 0 Å². The molecule has 2 rings (SSSR count). The molecule has 0 bridgehead atoms. The Morgan fingerprint density at radius 3 is 2.54 bits per heavy atom. The largest absolute Gasteiger partial charge is 0.496 e. The molecule has 10 heteroatoms. The number of carbonyl (C=O) groups excluding carboxylic acids is 2. The first-order valence-corrected chi connectivity index (χ1v) is 8.68. The number of benzene rings is 2. The van der Waals surface area contributed by atoms with Crippen LogP contribution in [0.1, 0.15) is 10.4 Å². The van der Waals surface area contributed by atoms with Gasteiger partial charge in [-0.05, 0) is 36.4 Å². The first-order valence-electron chi connectivity index (χ1n) is 7.14. The lowest BCUT2D eigenvalue weighted by atomic mass is 10.2. The van der Waals surface area contributed by atoms with Crippen molar-refractivity contribution in [3.8, 4) is 5.75 Å². The minimum Gasteiger partial charge on any atom is -0.496 e. The summed E-state index contributed by atoms with van der Waals surface area (Å²) in [6, 6.07) is 8.56. The Morgan fingerprint density at radius 2 is 1.92 bits per heavy atom. The van der Waals surface area contributed by atoms with Crippen LogP contribution in [-0.2, 0) is 19.6 Å². The zero-order chi connectivity index (χ0) is 19.3. The molecule has 1 amide bonds. The van der Waals surface area contributed by atoms with Gasteiger partial charge >= 0.3 is 5.97 Å². The van der Waals surface area contributed by atoms with Crippen molar-refractivity contribution in [3.63, 3.8) is 0 Å². The van der Waals surface area contributed by atoms with E-state index in [1.165, 1.54) is 37.4 Å². The number of hydrogen-bond acceptors (Lipinski definition) is 6. The van der Waals surface area contributed by atoms with Crippen LogP contribution < -0.4 is 15.2 Å². The maximum absolute atomic E-state index is 13.1. The molecule has 138 valence electrons. The van der Waals surface area contributed by atoms with Crippen molar-refractivity contribution in [2.45, 2.75) is 4.90 Å². The van der Waals surface area contributed by atoms with E-state index in [1.54, 1.807) is 0 Å². The minimum absolute atomic E-state index is 0.0490. The fourth-order valence-corrected chi connectivity index (χ4v) is 2.54. The highest BCUT2D eigenvalue weighted by Gasteiger charge is 2.19. The van der Waals surface area contributed by atoms with Gasteiger partial charge in [0.15, 0.2) is 6.61 Å².